The molecule has 1 fully saturated rings. The van der Waals surface area contributed by atoms with E-state index in [1.54, 1.807) is 0 Å². The zero-order valence-electron chi connectivity index (χ0n) is 13.4. The fraction of sp³-hybridized carbons (Fsp3) is 0.588. The molecular formula is C17H24N2O3. The van der Waals surface area contributed by atoms with Gasteiger partial charge < -0.3 is 20.1 Å². The lowest BCUT2D eigenvalue weighted by molar-refractivity contribution is 0.0192. The van der Waals surface area contributed by atoms with E-state index in [-0.39, 0.29) is 30.7 Å². The van der Waals surface area contributed by atoms with Gasteiger partial charge in [0.1, 0.15) is 5.60 Å². The Morgan fingerprint density at radius 1 is 1.41 bits per heavy atom. The first-order chi connectivity index (χ1) is 10.4. The smallest absolute Gasteiger partial charge is 0.410 e. The number of nitrogens with zero attached hydrogens (tertiary/aromatic N) is 1. The number of carbonyl (C=O) groups excluding carboxylic acids is 1. The van der Waals surface area contributed by atoms with Gasteiger partial charge in [0.2, 0.25) is 0 Å². The van der Waals surface area contributed by atoms with Gasteiger partial charge in [0, 0.05) is 18.2 Å². The SMILES string of the molecule is CC(C)(C)OC(=O)N1CC[C@@H]2[C@H](CO)Nc3ccccc3[C@@H]21. The van der Waals surface area contributed by atoms with Gasteiger partial charge >= 0.3 is 6.09 Å². The van der Waals surface area contributed by atoms with Crippen LogP contribution in [-0.4, -0.2) is 40.9 Å². The third-order valence-electron chi connectivity index (χ3n) is 4.41. The predicted molar refractivity (Wildman–Crippen MR) is 84.7 cm³/mol. The molecule has 2 N–H and O–H groups in total. The predicted octanol–water partition coefficient (Wildman–Crippen LogP) is 2.77. The third-order valence-corrected chi connectivity index (χ3v) is 4.41. The molecule has 3 rings (SSSR count). The number of carbonyl (C=O) groups is 1. The Balaban J connectivity index is 1.92. The molecule has 1 aromatic carbocycles. The van der Waals surface area contributed by atoms with E-state index >= 15 is 0 Å². The molecule has 3 atom stereocenters. The number of anilines is 1. The number of para-hydroxylation sites is 1. The van der Waals surface area contributed by atoms with E-state index in [0.717, 1.165) is 17.7 Å². The van der Waals surface area contributed by atoms with E-state index in [9.17, 15) is 9.90 Å². The Morgan fingerprint density at radius 3 is 2.82 bits per heavy atom. The van der Waals surface area contributed by atoms with Crippen LogP contribution >= 0.6 is 0 Å². The summed E-state index contributed by atoms with van der Waals surface area (Å²) in [6.07, 6.45) is 0.601. The number of benzene rings is 1. The maximum absolute atomic E-state index is 12.5. The van der Waals surface area contributed by atoms with Gasteiger partial charge in [0.05, 0.1) is 18.7 Å². The summed E-state index contributed by atoms with van der Waals surface area (Å²) in [6, 6.07) is 7.96. The number of fused-ring (bicyclic) bond motifs is 3. The summed E-state index contributed by atoms with van der Waals surface area (Å²) in [5.74, 6) is 0.215. The quantitative estimate of drug-likeness (QED) is 0.837. The Labute approximate surface area is 131 Å². The highest BCUT2D eigenvalue weighted by atomic mass is 16.6. The highest BCUT2D eigenvalue weighted by Crippen LogP contribution is 2.46. The minimum Gasteiger partial charge on any atom is -0.444 e. The molecular weight excluding hydrogens is 280 g/mol. The van der Waals surface area contributed by atoms with Crippen LogP contribution in [0.15, 0.2) is 24.3 Å². The van der Waals surface area contributed by atoms with Crippen LogP contribution in [0, 0.1) is 5.92 Å². The molecule has 0 unspecified atom stereocenters. The van der Waals surface area contributed by atoms with Crippen molar-refractivity contribution in [1.82, 2.24) is 4.90 Å². The van der Waals surface area contributed by atoms with Gasteiger partial charge in [-0.15, -0.1) is 0 Å². The van der Waals surface area contributed by atoms with Crippen molar-refractivity contribution in [2.24, 2.45) is 5.92 Å². The molecule has 1 aromatic rings. The van der Waals surface area contributed by atoms with Crippen molar-refractivity contribution in [3.8, 4) is 0 Å². The number of hydrogen-bond donors (Lipinski definition) is 2. The molecule has 2 aliphatic rings. The molecule has 0 saturated carbocycles. The average molecular weight is 304 g/mol. The maximum Gasteiger partial charge on any atom is 0.410 e. The van der Waals surface area contributed by atoms with Crippen molar-refractivity contribution >= 4 is 11.8 Å². The summed E-state index contributed by atoms with van der Waals surface area (Å²) in [5, 5.41) is 13.1. The van der Waals surface area contributed by atoms with E-state index < -0.39 is 5.60 Å². The number of likely N-dealkylation sites (tertiary alicyclic amines) is 1. The summed E-state index contributed by atoms with van der Waals surface area (Å²) in [7, 11) is 0. The molecule has 0 aliphatic carbocycles. The number of rotatable bonds is 1. The van der Waals surface area contributed by atoms with E-state index in [1.165, 1.54) is 0 Å². The van der Waals surface area contributed by atoms with Crippen molar-refractivity contribution in [3.05, 3.63) is 29.8 Å². The van der Waals surface area contributed by atoms with Crippen molar-refractivity contribution < 1.29 is 14.6 Å². The van der Waals surface area contributed by atoms with Crippen molar-refractivity contribution in [3.63, 3.8) is 0 Å². The second kappa shape index (κ2) is 5.47. The highest BCUT2D eigenvalue weighted by Gasteiger charge is 2.46. The summed E-state index contributed by atoms with van der Waals surface area (Å²) in [5.41, 5.74) is 1.61. The van der Waals surface area contributed by atoms with E-state index in [0.29, 0.717) is 6.54 Å². The molecule has 0 radical (unpaired) electrons. The number of aliphatic hydroxyl groups excluding tert-OH is 1. The van der Waals surface area contributed by atoms with Crippen LogP contribution in [0.3, 0.4) is 0 Å². The summed E-state index contributed by atoms with van der Waals surface area (Å²) in [4.78, 5) is 14.4. The monoisotopic (exact) mass is 304 g/mol. The highest BCUT2D eigenvalue weighted by molar-refractivity contribution is 5.71. The molecule has 2 heterocycles. The van der Waals surface area contributed by atoms with Crippen molar-refractivity contribution in [2.75, 3.05) is 18.5 Å². The lowest BCUT2D eigenvalue weighted by Crippen LogP contribution is -2.44. The number of hydrogen-bond acceptors (Lipinski definition) is 4. The van der Waals surface area contributed by atoms with Crippen LogP contribution in [-0.2, 0) is 4.74 Å². The summed E-state index contributed by atoms with van der Waals surface area (Å²) >= 11 is 0. The second-order valence-corrected chi connectivity index (χ2v) is 7.09. The number of aliphatic hydroxyl groups is 1. The third kappa shape index (κ3) is 2.65. The van der Waals surface area contributed by atoms with Gasteiger partial charge in [0.25, 0.3) is 0 Å². The minimum atomic E-state index is -0.502. The van der Waals surface area contributed by atoms with Crippen LogP contribution in [0.2, 0.25) is 0 Å². The average Bonchev–Trinajstić information content (AvgIpc) is 2.90. The first-order valence-electron chi connectivity index (χ1n) is 7.86. The van der Waals surface area contributed by atoms with Gasteiger partial charge in [-0.3, -0.25) is 0 Å². The fourth-order valence-corrected chi connectivity index (χ4v) is 3.54. The molecule has 22 heavy (non-hydrogen) atoms. The molecule has 5 nitrogen and oxygen atoms in total. The second-order valence-electron chi connectivity index (χ2n) is 7.09. The molecule has 2 aliphatic heterocycles. The first kappa shape index (κ1) is 15.2. The number of amides is 1. The van der Waals surface area contributed by atoms with Gasteiger partial charge in [-0.2, -0.15) is 0 Å². The zero-order chi connectivity index (χ0) is 15.9. The molecule has 120 valence electrons. The van der Waals surface area contributed by atoms with Gasteiger partial charge in [-0.25, -0.2) is 4.79 Å². The molecule has 0 aromatic heterocycles. The number of nitrogens with one attached hydrogen (secondary N) is 1. The molecule has 0 bridgehead atoms. The lowest BCUT2D eigenvalue weighted by Gasteiger charge is -2.39. The summed E-state index contributed by atoms with van der Waals surface area (Å²) < 4.78 is 5.56. The van der Waals surface area contributed by atoms with Crippen molar-refractivity contribution in [2.45, 2.75) is 44.9 Å². The van der Waals surface area contributed by atoms with E-state index in [2.05, 4.69) is 11.4 Å². The standard InChI is InChI=1S/C17H24N2O3/c1-17(2,3)22-16(21)19-9-8-12-14(10-20)18-13-7-5-4-6-11(13)15(12)19/h4-7,12,14-15,18,20H,8-10H2,1-3H3/t12-,14+,15+/m1/s1. The topological polar surface area (TPSA) is 61.8 Å². The van der Waals surface area contributed by atoms with Crippen molar-refractivity contribution in [1.29, 1.82) is 0 Å². The normalized spacial score (nSPS) is 26.9. The lowest BCUT2D eigenvalue weighted by atomic mass is 9.83. The Bertz CT molecular complexity index is 567. The molecule has 5 heteroatoms. The van der Waals surface area contributed by atoms with Gasteiger partial charge in [0.15, 0.2) is 0 Å². The number of ether oxygens (including phenoxy) is 1. The fourth-order valence-electron chi connectivity index (χ4n) is 3.54. The Kier molecular flexibility index (Phi) is 3.77. The zero-order valence-corrected chi connectivity index (χ0v) is 13.4. The molecule has 0 spiro atoms. The van der Waals surface area contributed by atoms with E-state index in [4.69, 9.17) is 4.74 Å². The van der Waals surface area contributed by atoms with Gasteiger partial charge in [-0.1, -0.05) is 18.2 Å². The first-order valence-corrected chi connectivity index (χ1v) is 7.86. The van der Waals surface area contributed by atoms with Crippen LogP contribution in [0.5, 0.6) is 0 Å². The van der Waals surface area contributed by atoms with Crippen LogP contribution in [0.25, 0.3) is 0 Å². The largest absolute Gasteiger partial charge is 0.444 e. The van der Waals surface area contributed by atoms with Crippen LogP contribution in [0.1, 0.15) is 38.8 Å². The van der Waals surface area contributed by atoms with E-state index in [1.807, 2.05) is 43.9 Å². The van der Waals surface area contributed by atoms with Crippen LogP contribution < -0.4 is 5.32 Å². The maximum atomic E-state index is 12.5. The Hall–Kier alpha value is -1.75. The van der Waals surface area contributed by atoms with Gasteiger partial charge in [-0.05, 0) is 38.8 Å². The Morgan fingerprint density at radius 2 is 2.14 bits per heavy atom. The molecule has 1 saturated heterocycles. The minimum absolute atomic E-state index is 0.0210. The molecule has 1 amide bonds. The van der Waals surface area contributed by atoms with Crippen LogP contribution in [0.4, 0.5) is 10.5 Å². The summed E-state index contributed by atoms with van der Waals surface area (Å²) in [6.45, 7) is 6.37.